The number of carbonyl (C=O) groups is 2. The Balaban J connectivity index is 1.34. The molecule has 0 bridgehead atoms. The molecule has 7 nitrogen and oxygen atoms in total. The van der Waals surface area contributed by atoms with Gasteiger partial charge >= 0.3 is 0 Å². The maximum absolute atomic E-state index is 12.4. The smallest absolute Gasteiger partial charge is 0.226 e. The molecule has 1 saturated carbocycles. The molecule has 1 unspecified atom stereocenters. The number of nitrogens with one attached hydrogen (secondary N) is 1. The maximum atomic E-state index is 12.4. The largest absolute Gasteiger partial charge is 0.491 e. The minimum Gasteiger partial charge on any atom is -0.491 e. The van der Waals surface area contributed by atoms with E-state index in [0.29, 0.717) is 39.0 Å². The van der Waals surface area contributed by atoms with E-state index in [1.807, 2.05) is 23.1 Å². The Labute approximate surface area is 165 Å². The Morgan fingerprint density at radius 2 is 2.04 bits per heavy atom. The average Bonchev–Trinajstić information content (AvgIpc) is 3.46. The van der Waals surface area contributed by atoms with E-state index in [2.05, 4.69) is 5.32 Å². The van der Waals surface area contributed by atoms with Crippen LogP contribution in [0.3, 0.4) is 0 Å². The van der Waals surface area contributed by atoms with Gasteiger partial charge in [-0.05, 0) is 37.3 Å². The summed E-state index contributed by atoms with van der Waals surface area (Å²) in [5, 5.41) is 2.82. The molecular formula is C20H26N2O5S. The molecule has 0 spiro atoms. The lowest BCUT2D eigenvalue weighted by atomic mass is 10.0. The van der Waals surface area contributed by atoms with Crippen molar-refractivity contribution in [2.75, 3.05) is 24.7 Å². The van der Waals surface area contributed by atoms with Crippen LogP contribution in [0.1, 0.15) is 36.8 Å². The molecule has 1 N–H and O–H groups in total. The lowest BCUT2D eigenvalue weighted by Crippen LogP contribution is -2.35. The van der Waals surface area contributed by atoms with Crippen LogP contribution in [-0.4, -0.2) is 55.8 Å². The van der Waals surface area contributed by atoms with Gasteiger partial charge in [-0.3, -0.25) is 9.59 Å². The van der Waals surface area contributed by atoms with Crippen molar-refractivity contribution in [2.24, 2.45) is 5.92 Å². The summed E-state index contributed by atoms with van der Waals surface area (Å²) in [5.74, 6) is 1.27. The van der Waals surface area contributed by atoms with Crippen LogP contribution in [0.15, 0.2) is 18.2 Å². The Kier molecular flexibility index (Phi) is 5.31. The lowest BCUT2D eigenvalue weighted by Gasteiger charge is -2.19. The zero-order valence-electron chi connectivity index (χ0n) is 15.9. The highest BCUT2D eigenvalue weighted by molar-refractivity contribution is 7.91. The van der Waals surface area contributed by atoms with E-state index in [-0.39, 0.29) is 35.3 Å². The van der Waals surface area contributed by atoms with Gasteiger partial charge in [0.25, 0.3) is 0 Å². The van der Waals surface area contributed by atoms with E-state index in [4.69, 9.17) is 4.74 Å². The molecule has 1 atom stereocenters. The third kappa shape index (κ3) is 4.66. The fourth-order valence-corrected chi connectivity index (χ4v) is 5.52. The lowest BCUT2D eigenvalue weighted by molar-refractivity contribution is -0.133. The second kappa shape index (κ2) is 7.73. The van der Waals surface area contributed by atoms with Crippen LogP contribution < -0.4 is 10.1 Å². The minimum atomic E-state index is -3.00. The second-order valence-corrected chi connectivity index (χ2v) is 10.2. The fraction of sp³-hybridized carbons (Fsp3) is 0.600. The fourth-order valence-electron chi connectivity index (χ4n) is 3.85. The molecule has 2 aliphatic heterocycles. The van der Waals surface area contributed by atoms with Crippen molar-refractivity contribution in [3.8, 4) is 5.75 Å². The average molecular weight is 407 g/mol. The number of hydrogen-bond donors (Lipinski definition) is 1. The SMILES string of the molecule is O=C(CCc1ccc2c(c1)CN(C(=O)C1CC1)CCO2)NC1CCS(=O)(=O)C1. The first-order valence-electron chi connectivity index (χ1n) is 9.93. The summed E-state index contributed by atoms with van der Waals surface area (Å²) >= 11 is 0. The number of rotatable bonds is 5. The first kappa shape index (κ1) is 19.2. The third-order valence-corrected chi connectivity index (χ3v) is 7.35. The monoisotopic (exact) mass is 406 g/mol. The van der Waals surface area contributed by atoms with Gasteiger partial charge in [-0.1, -0.05) is 12.1 Å². The molecule has 1 aliphatic carbocycles. The van der Waals surface area contributed by atoms with Gasteiger partial charge in [-0.25, -0.2) is 8.42 Å². The van der Waals surface area contributed by atoms with E-state index in [1.54, 1.807) is 0 Å². The quantitative estimate of drug-likeness (QED) is 0.789. The summed E-state index contributed by atoms with van der Waals surface area (Å²) in [6.45, 7) is 1.65. The highest BCUT2D eigenvalue weighted by atomic mass is 32.2. The maximum Gasteiger partial charge on any atom is 0.226 e. The summed E-state index contributed by atoms with van der Waals surface area (Å²) in [6.07, 6.45) is 3.34. The minimum absolute atomic E-state index is 0.0414. The highest BCUT2D eigenvalue weighted by Gasteiger charge is 2.34. The van der Waals surface area contributed by atoms with E-state index >= 15 is 0 Å². The van der Waals surface area contributed by atoms with Gasteiger partial charge in [0.15, 0.2) is 9.84 Å². The van der Waals surface area contributed by atoms with Crippen LogP contribution in [0.4, 0.5) is 0 Å². The van der Waals surface area contributed by atoms with E-state index in [0.717, 1.165) is 29.7 Å². The number of sulfone groups is 1. The van der Waals surface area contributed by atoms with Crippen molar-refractivity contribution in [2.45, 2.75) is 44.7 Å². The number of ether oxygens (including phenoxy) is 1. The molecule has 1 aromatic rings. The predicted octanol–water partition coefficient (Wildman–Crippen LogP) is 1.05. The van der Waals surface area contributed by atoms with Crippen LogP contribution >= 0.6 is 0 Å². The van der Waals surface area contributed by atoms with Crippen molar-refractivity contribution >= 4 is 21.7 Å². The number of benzene rings is 1. The van der Waals surface area contributed by atoms with Crippen molar-refractivity contribution < 1.29 is 22.7 Å². The molecule has 1 aromatic carbocycles. The molecule has 3 aliphatic rings. The molecule has 2 heterocycles. The molecule has 0 radical (unpaired) electrons. The van der Waals surface area contributed by atoms with Crippen molar-refractivity contribution in [1.29, 1.82) is 0 Å². The number of carbonyl (C=O) groups excluding carboxylic acids is 2. The zero-order valence-corrected chi connectivity index (χ0v) is 16.7. The number of amides is 2. The standard InChI is InChI=1S/C20H26N2O5S/c23-19(21-17-7-10-28(25,26)13-17)6-2-14-1-5-18-16(11-14)12-22(8-9-27-18)20(24)15-3-4-15/h1,5,11,15,17H,2-4,6-10,12-13H2,(H,21,23). The van der Waals surface area contributed by atoms with Crippen LogP contribution in [-0.2, 0) is 32.4 Å². The second-order valence-electron chi connectivity index (χ2n) is 7.99. The van der Waals surface area contributed by atoms with Gasteiger partial charge in [-0.15, -0.1) is 0 Å². The van der Waals surface area contributed by atoms with Crippen LogP contribution in [0, 0.1) is 5.92 Å². The van der Waals surface area contributed by atoms with Gasteiger partial charge in [0.05, 0.1) is 18.1 Å². The zero-order chi connectivity index (χ0) is 19.7. The van der Waals surface area contributed by atoms with Crippen LogP contribution in [0.5, 0.6) is 5.75 Å². The Morgan fingerprint density at radius 1 is 1.21 bits per heavy atom. The summed E-state index contributed by atoms with van der Waals surface area (Å²) in [4.78, 5) is 26.5. The first-order valence-corrected chi connectivity index (χ1v) is 11.7. The summed E-state index contributed by atoms with van der Waals surface area (Å²) in [5.41, 5.74) is 1.99. The van der Waals surface area contributed by atoms with E-state index in [9.17, 15) is 18.0 Å². The third-order valence-electron chi connectivity index (χ3n) is 5.58. The molecule has 4 rings (SSSR count). The molecule has 2 fully saturated rings. The molecule has 152 valence electrons. The van der Waals surface area contributed by atoms with E-state index in [1.165, 1.54) is 0 Å². The van der Waals surface area contributed by atoms with Gasteiger partial charge < -0.3 is 15.0 Å². The molecule has 28 heavy (non-hydrogen) atoms. The summed E-state index contributed by atoms with van der Waals surface area (Å²) in [6, 6.07) is 5.61. The summed E-state index contributed by atoms with van der Waals surface area (Å²) in [7, 11) is -3.00. The molecule has 1 saturated heterocycles. The molecule has 2 amide bonds. The van der Waals surface area contributed by atoms with Crippen molar-refractivity contribution in [3.63, 3.8) is 0 Å². The Bertz CT molecular complexity index is 879. The predicted molar refractivity (Wildman–Crippen MR) is 104 cm³/mol. The van der Waals surface area contributed by atoms with Gasteiger partial charge in [0, 0.05) is 30.5 Å². The Morgan fingerprint density at radius 3 is 2.75 bits per heavy atom. The summed E-state index contributed by atoms with van der Waals surface area (Å²) < 4.78 is 28.8. The molecular weight excluding hydrogens is 380 g/mol. The van der Waals surface area contributed by atoms with Crippen molar-refractivity contribution in [1.82, 2.24) is 10.2 Å². The molecule has 0 aromatic heterocycles. The first-order chi connectivity index (χ1) is 13.4. The molecule has 8 heteroatoms. The van der Waals surface area contributed by atoms with Crippen LogP contribution in [0.2, 0.25) is 0 Å². The van der Waals surface area contributed by atoms with Gasteiger partial charge in [0.1, 0.15) is 12.4 Å². The van der Waals surface area contributed by atoms with Crippen molar-refractivity contribution in [3.05, 3.63) is 29.3 Å². The normalized spacial score (nSPS) is 23.4. The highest BCUT2D eigenvalue weighted by Crippen LogP contribution is 2.33. The van der Waals surface area contributed by atoms with Crippen LogP contribution in [0.25, 0.3) is 0 Å². The number of hydrogen-bond acceptors (Lipinski definition) is 5. The topological polar surface area (TPSA) is 92.8 Å². The van der Waals surface area contributed by atoms with E-state index < -0.39 is 9.84 Å². The van der Waals surface area contributed by atoms with Gasteiger partial charge in [0.2, 0.25) is 11.8 Å². The number of aryl methyl sites for hydroxylation is 1. The number of fused-ring (bicyclic) bond motifs is 1. The number of nitrogens with zero attached hydrogens (tertiary/aromatic N) is 1. The van der Waals surface area contributed by atoms with Gasteiger partial charge in [-0.2, -0.15) is 0 Å². The Hall–Kier alpha value is -2.09.